The molecule has 3 aromatic carbocycles. The number of nitrogens with two attached hydrogens (primary N) is 2. The SMILES string of the molecule is COCCOc1ccc(C(=O)Oc2ccc(/C=C/C(=O)OCCc3ccc(N)cc3N)cc2)cc1. The molecule has 0 atom stereocenters. The van der Waals surface area contributed by atoms with Crippen molar-refractivity contribution >= 4 is 29.4 Å². The summed E-state index contributed by atoms with van der Waals surface area (Å²) >= 11 is 0. The Kier molecular flexibility index (Phi) is 9.27. The second-order valence-corrected chi connectivity index (χ2v) is 7.53. The van der Waals surface area contributed by atoms with E-state index in [-0.39, 0.29) is 6.61 Å². The zero-order chi connectivity index (χ0) is 25.0. The van der Waals surface area contributed by atoms with E-state index in [0.29, 0.717) is 48.1 Å². The van der Waals surface area contributed by atoms with Crippen LogP contribution in [-0.2, 0) is 20.7 Å². The number of rotatable bonds is 11. The van der Waals surface area contributed by atoms with Gasteiger partial charge < -0.3 is 30.4 Å². The van der Waals surface area contributed by atoms with Crippen LogP contribution in [0.4, 0.5) is 11.4 Å². The van der Waals surface area contributed by atoms with Crippen LogP contribution in [0.3, 0.4) is 0 Å². The molecule has 0 aliphatic rings. The number of ether oxygens (including phenoxy) is 4. The number of carbonyl (C=O) groups is 2. The first-order valence-electron chi connectivity index (χ1n) is 11.0. The molecule has 0 aliphatic heterocycles. The van der Waals surface area contributed by atoms with Gasteiger partial charge >= 0.3 is 11.9 Å². The van der Waals surface area contributed by atoms with Crippen LogP contribution in [0.25, 0.3) is 6.08 Å². The van der Waals surface area contributed by atoms with Crippen LogP contribution < -0.4 is 20.9 Å². The highest BCUT2D eigenvalue weighted by atomic mass is 16.5. The van der Waals surface area contributed by atoms with Gasteiger partial charge in [0, 0.05) is 31.0 Å². The summed E-state index contributed by atoms with van der Waals surface area (Å²) in [6, 6.07) is 18.7. The van der Waals surface area contributed by atoms with E-state index >= 15 is 0 Å². The maximum absolute atomic E-state index is 12.4. The van der Waals surface area contributed by atoms with E-state index in [1.807, 2.05) is 6.07 Å². The predicted molar refractivity (Wildman–Crippen MR) is 134 cm³/mol. The molecule has 8 nitrogen and oxygen atoms in total. The topological polar surface area (TPSA) is 123 Å². The van der Waals surface area contributed by atoms with Crippen molar-refractivity contribution in [2.45, 2.75) is 6.42 Å². The first kappa shape index (κ1) is 25.3. The molecular formula is C27H28N2O6. The standard InChI is InChI=1S/C27H28N2O6/c1-32-16-17-33-23-11-6-21(7-12-23)27(31)35-24-9-2-19(3-10-24)4-13-26(30)34-15-14-20-5-8-22(28)18-25(20)29/h2-13,18H,14-17,28-29H2,1H3/b13-4+. The van der Waals surface area contributed by atoms with Gasteiger partial charge in [-0.15, -0.1) is 0 Å². The number of hydrogen-bond donors (Lipinski definition) is 2. The third-order valence-corrected chi connectivity index (χ3v) is 4.93. The van der Waals surface area contributed by atoms with Crippen molar-refractivity contribution in [3.05, 3.63) is 89.5 Å². The molecule has 0 unspecified atom stereocenters. The van der Waals surface area contributed by atoms with Gasteiger partial charge in [-0.05, 0) is 65.7 Å². The van der Waals surface area contributed by atoms with Crippen molar-refractivity contribution in [2.24, 2.45) is 0 Å². The zero-order valence-electron chi connectivity index (χ0n) is 19.4. The lowest BCUT2D eigenvalue weighted by Crippen LogP contribution is -2.09. The third-order valence-electron chi connectivity index (χ3n) is 4.93. The molecule has 8 heteroatoms. The molecule has 3 rings (SSSR count). The minimum atomic E-state index is -0.484. The fourth-order valence-corrected chi connectivity index (χ4v) is 3.06. The van der Waals surface area contributed by atoms with E-state index in [9.17, 15) is 9.59 Å². The van der Waals surface area contributed by atoms with E-state index in [1.54, 1.807) is 73.8 Å². The molecule has 35 heavy (non-hydrogen) atoms. The fourth-order valence-electron chi connectivity index (χ4n) is 3.06. The first-order chi connectivity index (χ1) is 16.9. The summed E-state index contributed by atoms with van der Waals surface area (Å²) in [6.07, 6.45) is 3.45. The maximum atomic E-state index is 12.4. The molecule has 0 bridgehead atoms. The minimum absolute atomic E-state index is 0.201. The average Bonchev–Trinajstić information content (AvgIpc) is 2.85. The number of carbonyl (C=O) groups excluding carboxylic acids is 2. The van der Waals surface area contributed by atoms with E-state index in [1.165, 1.54) is 6.08 Å². The molecule has 0 saturated carbocycles. The summed E-state index contributed by atoms with van der Waals surface area (Å²) in [5, 5.41) is 0. The summed E-state index contributed by atoms with van der Waals surface area (Å²) in [7, 11) is 1.60. The van der Waals surface area contributed by atoms with Gasteiger partial charge in [0.2, 0.25) is 0 Å². The van der Waals surface area contributed by atoms with Gasteiger partial charge in [0.1, 0.15) is 18.1 Å². The lowest BCUT2D eigenvalue weighted by atomic mass is 10.1. The quantitative estimate of drug-likeness (QED) is 0.140. The Morgan fingerprint density at radius 1 is 0.857 bits per heavy atom. The van der Waals surface area contributed by atoms with Gasteiger partial charge in [-0.3, -0.25) is 0 Å². The molecule has 4 N–H and O–H groups in total. The third kappa shape index (κ3) is 8.21. The Labute approximate surface area is 204 Å². The van der Waals surface area contributed by atoms with E-state index in [0.717, 1.165) is 11.1 Å². The largest absolute Gasteiger partial charge is 0.491 e. The van der Waals surface area contributed by atoms with E-state index < -0.39 is 11.9 Å². The number of esters is 2. The Bertz CT molecular complexity index is 1160. The number of hydrogen-bond acceptors (Lipinski definition) is 8. The number of methoxy groups -OCH3 is 1. The second kappa shape index (κ2) is 12.8. The summed E-state index contributed by atoms with van der Waals surface area (Å²) < 4.78 is 21.0. The molecule has 0 heterocycles. The van der Waals surface area contributed by atoms with Crippen molar-refractivity contribution < 1.29 is 28.5 Å². The van der Waals surface area contributed by atoms with Crippen LogP contribution >= 0.6 is 0 Å². The summed E-state index contributed by atoms with van der Waals surface area (Å²) in [4.78, 5) is 24.3. The summed E-state index contributed by atoms with van der Waals surface area (Å²) in [6.45, 7) is 1.11. The van der Waals surface area contributed by atoms with Crippen LogP contribution in [0.15, 0.2) is 72.8 Å². The van der Waals surface area contributed by atoms with Crippen molar-refractivity contribution in [3.63, 3.8) is 0 Å². The fraction of sp³-hybridized carbons (Fsp3) is 0.185. The normalized spacial score (nSPS) is 10.8. The Balaban J connectivity index is 1.44. The first-order valence-corrected chi connectivity index (χ1v) is 11.0. The second-order valence-electron chi connectivity index (χ2n) is 7.53. The van der Waals surface area contributed by atoms with Crippen molar-refractivity contribution in [3.8, 4) is 11.5 Å². The lowest BCUT2D eigenvalue weighted by molar-refractivity contribution is -0.137. The summed E-state index contributed by atoms with van der Waals surface area (Å²) in [5.41, 5.74) is 14.8. The molecule has 0 spiro atoms. The average molecular weight is 477 g/mol. The molecule has 0 aliphatic carbocycles. The van der Waals surface area contributed by atoms with E-state index in [2.05, 4.69) is 0 Å². The number of anilines is 2. The molecule has 0 fully saturated rings. The molecule has 0 saturated heterocycles. The van der Waals surface area contributed by atoms with Gasteiger partial charge in [0.05, 0.1) is 18.8 Å². The minimum Gasteiger partial charge on any atom is -0.491 e. The highest BCUT2D eigenvalue weighted by Crippen LogP contribution is 2.18. The van der Waals surface area contributed by atoms with Crippen LogP contribution in [0.1, 0.15) is 21.5 Å². The molecular weight excluding hydrogens is 448 g/mol. The van der Waals surface area contributed by atoms with Gasteiger partial charge in [-0.25, -0.2) is 9.59 Å². The van der Waals surface area contributed by atoms with Gasteiger partial charge in [0.15, 0.2) is 0 Å². The van der Waals surface area contributed by atoms with Crippen LogP contribution in [0.5, 0.6) is 11.5 Å². The Morgan fingerprint density at radius 2 is 1.57 bits per heavy atom. The highest BCUT2D eigenvalue weighted by Gasteiger charge is 2.09. The van der Waals surface area contributed by atoms with Crippen molar-refractivity contribution in [1.29, 1.82) is 0 Å². The highest BCUT2D eigenvalue weighted by molar-refractivity contribution is 5.91. The number of nitrogen functional groups attached to an aromatic ring is 2. The van der Waals surface area contributed by atoms with Crippen molar-refractivity contribution in [2.75, 3.05) is 38.4 Å². The van der Waals surface area contributed by atoms with Crippen LogP contribution in [0.2, 0.25) is 0 Å². The van der Waals surface area contributed by atoms with E-state index in [4.69, 9.17) is 30.4 Å². The predicted octanol–water partition coefficient (Wildman–Crippen LogP) is 3.89. The maximum Gasteiger partial charge on any atom is 0.343 e. The molecule has 0 radical (unpaired) electrons. The lowest BCUT2D eigenvalue weighted by Gasteiger charge is -2.07. The van der Waals surface area contributed by atoms with Crippen LogP contribution in [-0.4, -0.2) is 38.9 Å². The number of benzene rings is 3. The Morgan fingerprint density at radius 3 is 2.26 bits per heavy atom. The monoisotopic (exact) mass is 476 g/mol. The Hall–Kier alpha value is -4.30. The van der Waals surface area contributed by atoms with Gasteiger partial charge in [-0.2, -0.15) is 0 Å². The molecule has 3 aromatic rings. The molecule has 182 valence electrons. The smallest absolute Gasteiger partial charge is 0.343 e. The molecule has 0 aromatic heterocycles. The van der Waals surface area contributed by atoms with Crippen LogP contribution in [0, 0.1) is 0 Å². The van der Waals surface area contributed by atoms with Crippen molar-refractivity contribution in [1.82, 2.24) is 0 Å². The van der Waals surface area contributed by atoms with Gasteiger partial charge in [-0.1, -0.05) is 18.2 Å². The zero-order valence-corrected chi connectivity index (χ0v) is 19.4. The van der Waals surface area contributed by atoms with Gasteiger partial charge in [0.25, 0.3) is 0 Å². The molecule has 0 amide bonds. The summed E-state index contributed by atoms with van der Waals surface area (Å²) in [5.74, 6) is 0.0742.